The van der Waals surface area contributed by atoms with Gasteiger partial charge in [-0.15, -0.1) is 0 Å². The summed E-state index contributed by atoms with van der Waals surface area (Å²) in [4.78, 5) is 12.2. The number of hydrogen-bond donors (Lipinski definition) is 1. The third kappa shape index (κ3) is 4.22. The van der Waals surface area contributed by atoms with E-state index in [1.807, 2.05) is 19.1 Å². The largest absolute Gasteiger partial charge is 0.434 e. The number of amides is 1. The van der Waals surface area contributed by atoms with Crippen molar-refractivity contribution in [2.45, 2.75) is 13.1 Å². The lowest BCUT2D eigenvalue weighted by Crippen LogP contribution is -2.23. The molecule has 0 saturated carbocycles. The number of hydrogen-bond acceptors (Lipinski definition) is 3. The lowest BCUT2D eigenvalue weighted by Gasteiger charge is -2.12. The molecule has 0 unspecified atom stereocenters. The van der Waals surface area contributed by atoms with Crippen LogP contribution in [-0.4, -0.2) is 21.9 Å². The van der Waals surface area contributed by atoms with E-state index < -0.39 is 23.3 Å². The second kappa shape index (κ2) is 7.45. The minimum atomic E-state index is -4.76. The number of hydrazone groups is 1. The number of nitrogens with one attached hydrogen (secondary N) is 1. The highest BCUT2D eigenvalue weighted by molar-refractivity contribution is 5.96. The lowest BCUT2D eigenvalue weighted by molar-refractivity contribution is -0.143. The number of para-hydroxylation sites is 1. The minimum absolute atomic E-state index is 0.201. The number of aryl methyl sites for hydroxylation is 1. The smallest absolute Gasteiger partial charge is 0.267 e. The zero-order chi connectivity index (χ0) is 19.4. The van der Waals surface area contributed by atoms with E-state index in [-0.39, 0.29) is 5.69 Å². The third-order valence-electron chi connectivity index (χ3n) is 3.74. The van der Waals surface area contributed by atoms with E-state index in [0.717, 1.165) is 11.8 Å². The van der Waals surface area contributed by atoms with Gasteiger partial charge < -0.3 is 0 Å². The van der Waals surface area contributed by atoms with E-state index in [0.29, 0.717) is 10.2 Å². The predicted octanol–water partition coefficient (Wildman–Crippen LogP) is 3.96. The van der Waals surface area contributed by atoms with Gasteiger partial charge in [-0.3, -0.25) is 4.79 Å². The number of rotatable bonds is 4. The highest BCUT2D eigenvalue weighted by Gasteiger charge is 2.40. The van der Waals surface area contributed by atoms with Crippen molar-refractivity contribution in [1.82, 2.24) is 15.2 Å². The number of carbonyl (C=O) groups excluding carboxylic acids is 1. The second-order valence-corrected chi connectivity index (χ2v) is 5.76. The molecule has 0 radical (unpaired) electrons. The fourth-order valence-corrected chi connectivity index (χ4v) is 2.43. The van der Waals surface area contributed by atoms with E-state index in [9.17, 15) is 18.0 Å². The number of carbonyl (C=O) groups is 1. The van der Waals surface area contributed by atoms with Gasteiger partial charge in [0, 0.05) is 0 Å². The fraction of sp³-hybridized carbons (Fsp3) is 0.105. The number of nitrogens with zero attached hydrogens (tertiary/aromatic N) is 3. The average Bonchev–Trinajstić information content (AvgIpc) is 3.10. The molecule has 3 aromatic rings. The van der Waals surface area contributed by atoms with Crippen molar-refractivity contribution in [2.24, 2.45) is 5.10 Å². The fourth-order valence-electron chi connectivity index (χ4n) is 2.43. The van der Waals surface area contributed by atoms with Crippen LogP contribution in [0.4, 0.5) is 13.2 Å². The summed E-state index contributed by atoms with van der Waals surface area (Å²) in [6.45, 7) is 1.92. The molecule has 0 saturated heterocycles. The van der Waals surface area contributed by atoms with Gasteiger partial charge in [0.1, 0.15) is 0 Å². The molecule has 1 aromatic heterocycles. The van der Waals surface area contributed by atoms with Gasteiger partial charge in [0.05, 0.1) is 23.7 Å². The molecular weight excluding hydrogens is 357 g/mol. The van der Waals surface area contributed by atoms with Crippen molar-refractivity contribution in [3.63, 3.8) is 0 Å². The molecule has 0 aliphatic rings. The Morgan fingerprint density at radius 1 is 1.11 bits per heavy atom. The highest BCUT2D eigenvalue weighted by Crippen LogP contribution is 2.33. The summed E-state index contributed by atoms with van der Waals surface area (Å²) >= 11 is 0. The minimum Gasteiger partial charge on any atom is -0.267 e. The normalized spacial score (nSPS) is 11.7. The second-order valence-electron chi connectivity index (χ2n) is 5.76. The van der Waals surface area contributed by atoms with Crippen LogP contribution in [0.1, 0.15) is 27.2 Å². The van der Waals surface area contributed by atoms with Crippen LogP contribution in [-0.2, 0) is 6.18 Å². The first kappa shape index (κ1) is 18.4. The van der Waals surface area contributed by atoms with E-state index in [1.165, 1.54) is 18.3 Å². The Labute approximate surface area is 153 Å². The van der Waals surface area contributed by atoms with Crippen molar-refractivity contribution in [2.75, 3.05) is 0 Å². The third-order valence-corrected chi connectivity index (χ3v) is 3.74. The standard InChI is InChI=1S/C19H15F3N4O/c1-13-7-9-14(10-8-13)11-23-25-18(27)16-12-24-26(17(16)19(20,21)22)15-5-3-2-4-6-15/h2-12H,1H3,(H,25,27). The first-order valence-corrected chi connectivity index (χ1v) is 7.97. The number of benzene rings is 2. The number of alkyl halides is 3. The lowest BCUT2D eigenvalue weighted by atomic mass is 10.2. The summed E-state index contributed by atoms with van der Waals surface area (Å²) in [7, 11) is 0. The van der Waals surface area contributed by atoms with Gasteiger partial charge in [-0.05, 0) is 24.6 Å². The van der Waals surface area contributed by atoms with Crippen LogP contribution in [0.25, 0.3) is 5.69 Å². The van der Waals surface area contributed by atoms with Crippen molar-refractivity contribution >= 4 is 12.1 Å². The molecular formula is C19H15F3N4O. The maximum Gasteiger partial charge on any atom is 0.434 e. The number of halogens is 3. The van der Waals surface area contributed by atoms with Gasteiger partial charge in [-0.2, -0.15) is 23.4 Å². The Balaban J connectivity index is 1.86. The molecule has 138 valence electrons. The summed E-state index contributed by atoms with van der Waals surface area (Å²) in [5.41, 5.74) is 2.32. The van der Waals surface area contributed by atoms with Gasteiger partial charge in [-0.25, -0.2) is 10.1 Å². The van der Waals surface area contributed by atoms with Crippen LogP contribution >= 0.6 is 0 Å². The Morgan fingerprint density at radius 3 is 2.41 bits per heavy atom. The molecule has 1 amide bonds. The molecule has 0 bridgehead atoms. The Kier molecular flexibility index (Phi) is 5.07. The Morgan fingerprint density at radius 2 is 1.78 bits per heavy atom. The summed E-state index contributed by atoms with van der Waals surface area (Å²) in [5.74, 6) is -0.993. The van der Waals surface area contributed by atoms with Gasteiger partial charge >= 0.3 is 6.18 Å². The zero-order valence-electron chi connectivity index (χ0n) is 14.2. The van der Waals surface area contributed by atoms with E-state index >= 15 is 0 Å². The molecule has 1 heterocycles. The van der Waals surface area contributed by atoms with Crippen LogP contribution in [0, 0.1) is 6.92 Å². The summed E-state index contributed by atoms with van der Waals surface area (Å²) in [6, 6.07) is 15.1. The molecule has 0 aliphatic carbocycles. The maximum atomic E-state index is 13.5. The van der Waals surface area contributed by atoms with E-state index in [4.69, 9.17) is 0 Å². The van der Waals surface area contributed by atoms with E-state index in [2.05, 4.69) is 15.6 Å². The summed E-state index contributed by atoms with van der Waals surface area (Å²) < 4.78 is 41.3. The Hall–Kier alpha value is -3.42. The zero-order valence-corrected chi connectivity index (χ0v) is 14.2. The topological polar surface area (TPSA) is 59.3 Å². The average molecular weight is 372 g/mol. The molecule has 0 atom stereocenters. The quantitative estimate of drug-likeness (QED) is 0.557. The molecule has 27 heavy (non-hydrogen) atoms. The van der Waals surface area contributed by atoms with Crippen molar-refractivity contribution < 1.29 is 18.0 Å². The van der Waals surface area contributed by atoms with Crippen LogP contribution < -0.4 is 5.43 Å². The van der Waals surface area contributed by atoms with Gasteiger partial charge in [0.15, 0.2) is 5.69 Å². The van der Waals surface area contributed by atoms with Crippen LogP contribution in [0.5, 0.6) is 0 Å². The molecule has 2 aromatic carbocycles. The predicted molar refractivity (Wildman–Crippen MR) is 94.8 cm³/mol. The van der Waals surface area contributed by atoms with Crippen molar-refractivity contribution in [1.29, 1.82) is 0 Å². The SMILES string of the molecule is Cc1ccc(C=NNC(=O)c2cnn(-c3ccccc3)c2C(F)(F)F)cc1. The van der Waals surface area contributed by atoms with E-state index in [1.54, 1.807) is 30.3 Å². The highest BCUT2D eigenvalue weighted by atomic mass is 19.4. The van der Waals surface area contributed by atoms with Gasteiger partial charge in [0.2, 0.25) is 0 Å². The maximum absolute atomic E-state index is 13.5. The first-order valence-electron chi connectivity index (χ1n) is 7.97. The molecule has 0 spiro atoms. The van der Waals surface area contributed by atoms with Crippen LogP contribution in [0.3, 0.4) is 0 Å². The van der Waals surface area contributed by atoms with Crippen molar-refractivity contribution in [3.05, 3.63) is 83.2 Å². The first-order chi connectivity index (χ1) is 12.9. The van der Waals surface area contributed by atoms with Gasteiger partial charge in [0.25, 0.3) is 5.91 Å². The molecule has 3 rings (SSSR count). The van der Waals surface area contributed by atoms with Gasteiger partial charge in [-0.1, -0.05) is 48.0 Å². The molecule has 8 heteroatoms. The van der Waals surface area contributed by atoms with Crippen LogP contribution in [0.15, 0.2) is 65.9 Å². The van der Waals surface area contributed by atoms with Crippen LogP contribution in [0.2, 0.25) is 0 Å². The van der Waals surface area contributed by atoms with Crippen molar-refractivity contribution in [3.8, 4) is 5.69 Å². The molecule has 1 N–H and O–H groups in total. The Bertz CT molecular complexity index is 961. The molecule has 5 nitrogen and oxygen atoms in total. The summed E-state index contributed by atoms with van der Waals surface area (Å²) in [5, 5.41) is 7.46. The summed E-state index contributed by atoms with van der Waals surface area (Å²) in [6.07, 6.45) is -2.53. The number of aromatic nitrogens is 2. The monoisotopic (exact) mass is 372 g/mol. The molecule has 0 fully saturated rings. The molecule has 0 aliphatic heterocycles.